The Morgan fingerprint density at radius 3 is 2.93 bits per heavy atom. The van der Waals surface area contributed by atoms with Crippen molar-refractivity contribution in [2.24, 2.45) is 7.05 Å². The van der Waals surface area contributed by atoms with Crippen LogP contribution in [0.2, 0.25) is 0 Å². The molecule has 8 heteroatoms. The van der Waals surface area contributed by atoms with Gasteiger partial charge in [0.2, 0.25) is 0 Å². The molecule has 0 aromatic carbocycles. The van der Waals surface area contributed by atoms with Crippen LogP contribution in [0.4, 0.5) is 5.95 Å². The Balaban J connectivity index is 2.09. The Morgan fingerprint density at radius 2 is 2.36 bits per heavy atom. The number of anilines is 1. The molecule has 0 radical (unpaired) electrons. The zero-order valence-corrected chi connectivity index (χ0v) is 7.91. The molecule has 14 heavy (non-hydrogen) atoms. The number of rotatable bonds is 3. The van der Waals surface area contributed by atoms with Crippen LogP contribution in [0.5, 0.6) is 0 Å². The third-order valence-electron chi connectivity index (χ3n) is 1.86. The lowest BCUT2D eigenvalue weighted by Crippen LogP contribution is -2.20. The first kappa shape index (κ1) is 8.60. The molecule has 0 atom stereocenters. The highest BCUT2D eigenvalue weighted by atomic mass is 15.5. The van der Waals surface area contributed by atoms with Gasteiger partial charge < -0.3 is 9.47 Å². The highest BCUT2D eigenvalue weighted by molar-refractivity contribution is 5.24. The van der Waals surface area contributed by atoms with Gasteiger partial charge in [0.05, 0.1) is 6.54 Å². The minimum Gasteiger partial charge on any atom is -0.334 e. The van der Waals surface area contributed by atoms with E-state index in [9.17, 15) is 0 Å². The van der Waals surface area contributed by atoms with E-state index in [1.165, 1.54) is 0 Å². The molecule has 2 rings (SSSR count). The molecule has 0 aliphatic heterocycles. The largest absolute Gasteiger partial charge is 0.334 e. The Hall–Kier alpha value is -1.99. The number of aromatic nitrogens is 7. The molecule has 0 spiro atoms. The Morgan fingerprint density at radius 1 is 1.50 bits per heavy atom. The van der Waals surface area contributed by atoms with E-state index in [4.69, 9.17) is 0 Å². The quantitative estimate of drug-likeness (QED) is 0.671. The van der Waals surface area contributed by atoms with Gasteiger partial charge in [-0.05, 0) is 5.21 Å². The lowest BCUT2D eigenvalue weighted by Gasteiger charge is -2.12. The average Bonchev–Trinajstić information content (AvgIpc) is 2.77. The van der Waals surface area contributed by atoms with E-state index < -0.39 is 0 Å². The first-order chi connectivity index (χ1) is 6.77. The van der Waals surface area contributed by atoms with E-state index in [2.05, 4.69) is 30.8 Å². The molecule has 0 aliphatic carbocycles. The monoisotopic (exact) mass is 194 g/mol. The zero-order valence-electron chi connectivity index (χ0n) is 7.91. The molecule has 0 bridgehead atoms. The maximum atomic E-state index is 3.95. The smallest absolute Gasteiger partial charge is 0.265 e. The van der Waals surface area contributed by atoms with Crippen molar-refractivity contribution in [1.82, 2.24) is 35.4 Å². The van der Waals surface area contributed by atoms with Crippen molar-refractivity contribution in [2.75, 3.05) is 11.9 Å². The van der Waals surface area contributed by atoms with Crippen LogP contribution in [-0.4, -0.2) is 42.4 Å². The van der Waals surface area contributed by atoms with E-state index in [1.54, 1.807) is 6.33 Å². The Kier molecular flexibility index (Phi) is 2.09. The number of aromatic amines is 1. The van der Waals surface area contributed by atoms with Gasteiger partial charge in [-0.1, -0.05) is 5.10 Å². The van der Waals surface area contributed by atoms with Crippen LogP contribution < -0.4 is 4.90 Å². The van der Waals surface area contributed by atoms with E-state index in [1.807, 2.05) is 23.6 Å². The molecule has 1 N–H and O–H groups in total. The van der Waals surface area contributed by atoms with Crippen molar-refractivity contribution in [3.05, 3.63) is 12.2 Å². The molecular formula is C6H10N8. The fourth-order valence-electron chi connectivity index (χ4n) is 1.05. The zero-order chi connectivity index (χ0) is 9.97. The van der Waals surface area contributed by atoms with Gasteiger partial charge in [-0.25, -0.2) is 0 Å². The molecule has 0 aliphatic rings. The van der Waals surface area contributed by atoms with Crippen molar-refractivity contribution < 1.29 is 0 Å². The Labute approximate surface area is 79.9 Å². The van der Waals surface area contributed by atoms with E-state index in [0.717, 1.165) is 5.82 Å². The van der Waals surface area contributed by atoms with Crippen LogP contribution in [0.3, 0.4) is 0 Å². The number of hydrogen-bond acceptors (Lipinski definition) is 6. The summed E-state index contributed by atoms with van der Waals surface area (Å²) < 4.78 is 1.84. The second-order valence-corrected chi connectivity index (χ2v) is 2.93. The average molecular weight is 194 g/mol. The predicted octanol–water partition coefficient (Wildman–Crippen LogP) is -1.04. The fourth-order valence-corrected chi connectivity index (χ4v) is 1.05. The first-order valence-corrected chi connectivity index (χ1v) is 4.05. The minimum absolute atomic E-state index is 0.535. The number of nitrogens with zero attached hydrogens (tertiary/aromatic N) is 7. The van der Waals surface area contributed by atoms with Crippen LogP contribution >= 0.6 is 0 Å². The van der Waals surface area contributed by atoms with E-state index >= 15 is 0 Å². The molecule has 74 valence electrons. The Bertz CT molecular complexity index is 390. The predicted molar refractivity (Wildman–Crippen MR) is 47.3 cm³/mol. The number of H-pyrrole nitrogens is 1. The fraction of sp³-hybridized carbons (Fsp3) is 0.500. The number of aryl methyl sites for hydroxylation is 1. The number of hydrogen-bond donors (Lipinski definition) is 1. The van der Waals surface area contributed by atoms with Crippen molar-refractivity contribution in [3.8, 4) is 0 Å². The topological polar surface area (TPSA) is 88.4 Å². The summed E-state index contributed by atoms with van der Waals surface area (Å²) in [6, 6.07) is 0. The van der Waals surface area contributed by atoms with Crippen LogP contribution in [0.25, 0.3) is 0 Å². The maximum absolute atomic E-state index is 3.95. The van der Waals surface area contributed by atoms with Gasteiger partial charge in [0.1, 0.15) is 6.33 Å². The van der Waals surface area contributed by atoms with Crippen LogP contribution in [0, 0.1) is 0 Å². The molecule has 0 saturated carbocycles. The van der Waals surface area contributed by atoms with E-state index in [0.29, 0.717) is 12.5 Å². The van der Waals surface area contributed by atoms with Crippen molar-refractivity contribution >= 4 is 5.95 Å². The molecule has 2 heterocycles. The number of nitrogens with one attached hydrogen (secondary N) is 1. The van der Waals surface area contributed by atoms with Gasteiger partial charge in [0.25, 0.3) is 5.95 Å². The molecule has 2 aromatic rings. The molecule has 0 saturated heterocycles. The highest BCUT2D eigenvalue weighted by Gasteiger charge is 2.09. The summed E-state index contributed by atoms with van der Waals surface area (Å²) in [6.45, 7) is 0.593. The number of tetrazole rings is 1. The molecule has 0 fully saturated rings. The lowest BCUT2D eigenvalue weighted by molar-refractivity contribution is 0.746. The van der Waals surface area contributed by atoms with Gasteiger partial charge >= 0.3 is 0 Å². The van der Waals surface area contributed by atoms with Crippen molar-refractivity contribution in [2.45, 2.75) is 6.54 Å². The molecule has 0 unspecified atom stereocenters. The summed E-state index contributed by atoms with van der Waals surface area (Å²) >= 11 is 0. The summed E-state index contributed by atoms with van der Waals surface area (Å²) in [7, 11) is 3.75. The van der Waals surface area contributed by atoms with Gasteiger partial charge in [-0.3, -0.25) is 0 Å². The van der Waals surface area contributed by atoms with Gasteiger partial charge in [0.15, 0.2) is 5.82 Å². The second-order valence-electron chi connectivity index (χ2n) is 2.93. The summed E-state index contributed by atoms with van der Waals surface area (Å²) in [5.74, 6) is 1.38. The molecular weight excluding hydrogens is 184 g/mol. The SMILES string of the molecule is CN(Cc1nncn1C)c1nn[nH]n1. The summed E-state index contributed by atoms with van der Waals surface area (Å²) in [5.41, 5.74) is 0. The molecule has 8 nitrogen and oxygen atoms in total. The van der Waals surface area contributed by atoms with Crippen molar-refractivity contribution in [3.63, 3.8) is 0 Å². The van der Waals surface area contributed by atoms with Crippen LogP contribution in [-0.2, 0) is 13.6 Å². The lowest BCUT2D eigenvalue weighted by atomic mass is 10.5. The summed E-state index contributed by atoms with van der Waals surface area (Å²) in [4.78, 5) is 1.83. The molecule has 2 aromatic heterocycles. The van der Waals surface area contributed by atoms with Gasteiger partial charge in [-0.15, -0.1) is 15.3 Å². The van der Waals surface area contributed by atoms with Crippen LogP contribution in [0.15, 0.2) is 6.33 Å². The van der Waals surface area contributed by atoms with Gasteiger partial charge in [0, 0.05) is 14.1 Å². The third kappa shape index (κ3) is 1.53. The van der Waals surface area contributed by atoms with Crippen molar-refractivity contribution in [1.29, 1.82) is 0 Å². The second kappa shape index (κ2) is 3.40. The standard InChI is InChI=1S/C6H10N8/c1-13(6-9-11-12-10-6)3-5-8-7-4-14(5)2/h4H,3H2,1-2H3,(H,9,10,11,12). The van der Waals surface area contributed by atoms with Crippen LogP contribution in [0.1, 0.15) is 5.82 Å². The third-order valence-corrected chi connectivity index (χ3v) is 1.86. The minimum atomic E-state index is 0.535. The van der Waals surface area contributed by atoms with E-state index in [-0.39, 0.29) is 0 Å². The van der Waals surface area contributed by atoms with Gasteiger partial charge in [-0.2, -0.15) is 5.21 Å². The summed E-state index contributed by atoms with van der Waals surface area (Å²) in [5, 5.41) is 21.3. The first-order valence-electron chi connectivity index (χ1n) is 4.05. The maximum Gasteiger partial charge on any atom is 0.265 e. The normalized spacial score (nSPS) is 10.4. The summed E-state index contributed by atoms with van der Waals surface area (Å²) in [6.07, 6.45) is 1.65. The molecule has 0 amide bonds. The highest BCUT2D eigenvalue weighted by Crippen LogP contribution is 2.04.